The zero-order valence-corrected chi connectivity index (χ0v) is 11.6. The fraction of sp³-hybridized carbons (Fsp3) is 0.267. The minimum atomic E-state index is -0.300. The molecule has 0 aliphatic rings. The van der Waals surface area contributed by atoms with Gasteiger partial charge in [-0.15, -0.1) is 0 Å². The van der Waals surface area contributed by atoms with Crippen LogP contribution in [0, 0.1) is 5.82 Å². The van der Waals surface area contributed by atoms with Crippen molar-refractivity contribution in [1.82, 2.24) is 10.3 Å². The summed E-state index contributed by atoms with van der Waals surface area (Å²) in [5, 5.41) is 3.11. The normalized spacial score (nSPS) is 12.2. The summed E-state index contributed by atoms with van der Waals surface area (Å²) in [5.41, 5.74) is 8.04. The first-order valence-corrected chi connectivity index (χ1v) is 6.34. The molecule has 5 heteroatoms. The van der Waals surface area contributed by atoms with Gasteiger partial charge in [0.2, 0.25) is 0 Å². The minimum absolute atomic E-state index is 0.174. The van der Waals surface area contributed by atoms with Gasteiger partial charge in [0.1, 0.15) is 11.6 Å². The summed E-state index contributed by atoms with van der Waals surface area (Å²) in [5.74, 6) is 0.202. The number of methoxy groups -OCH3 is 1. The van der Waals surface area contributed by atoms with E-state index in [1.165, 1.54) is 13.2 Å². The highest BCUT2D eigenvalue weighted by atomic mass is 19.1. The molecule has 0 bridgehead atoms. The van der Waals surface area contributed by atoms with Gasteiger partial charge in [0.05, 0.1) is 7.11 Å². The van der Waals surface area contributed by atoms with Crippen LogP contribution in [0.3, 0.4) is 0 Å². The van der Waals surface area contributed by atoms with Gasteiger partial charge in [-0.05, 0) is 31.2 Å². The van der Waals surface area contributed by atoms with Gasteiger partial charge in [-0.2, -0.15) is 0 Å². The van der Waals surface area contributed by atoms with Crippen molar-refractivity contribution in [3.63, 3.8) is 0 Å². The van der Waals surface area contributed by atoms with Crippen LogP contribution in [0.5, 0.6) is 5.75 Å². The number of likely N-dealkylation sites (N-methyl/N-ethyl adjacent to an activating group) is 1. The van der Waals surface area contributed by atoms with E-state index in [-0.39, 0.29) is 11.9 Å². The number of benzene rings is 1. The smallest absolute Gasteiger partial charge is 0.131 e. The Hall–Kier alpha value is -2.14. The SMILES string of the molecule is CNC(Cc1cnccc1N)c1ccc(OC)cc1F. The van der Waals surface area contributed by atoms with Crippen molar-refractivity contribution in [2.45, 2.75) is 12.5 Å². The van der Waals surface area contributed by atoms with Crippen LogP contribution < -0.4 is 15.8 Å². The van der Waals surface area contributed by atoms with Crippen LogP contribution >= 0.6 is 0 Å². The lowest BCUT2D eigenvalue weighted by Crippen LogP contribution is -2.20. The largest absolute Gasteiger partial charge is 0.497 e. The van der Waals surface area contributed by atoms with Gasteiger partial charge in [0.25, 0.3) is 0 Å². The Labute approximate surface area is 117 Å². The van der Waals surface area contributed by atoms with E-state index in [4.69, 9.17) is 10.5 Å². The van der Waals surface area contributed by atoms with Crippen LogP contribution in [0.15, 0.2) is 36.7 Å². The fourth-order valence-corrected chi connectivity index (χ4v) is 2.11. The zero-order valence-electron chi connectivity index (χ0n) is 11.6. The molecule has 1 aromatic carbocycles. The van der Waals surface area contributed by atoms with Gasteiger partial charge in [0, 0.05) is 35.8 Å². The molecular formula is C15H18FN3O. The maximum Gasteiger partial charge on any atom is 0.131 e. The van der Waals surface area contributed by atoms with E-state index in [9.17, 15) is 4.39 Å². The Kier molecular flexibility index (Phi) is 4.53. The number of halogens is 1. The summed E-state index contributed by atoms with van der Waals surface area (Å²) in [4.78, 5) is 4.05. The third kappa shape index (κ3) is 3.05. The minimum Gasteiger partial charge on any atom is -0.497 e. The summed E-state index contributed by atoms with van der Waals surface area (Å²) in [6, 6.07) is 6.42. The van der Waals surface area contributed by atoms with Gasteiger partial charge in [0.15, 0.2) is 0 Å². The van der Waals surface area contributed by atoms with E-state index in [0.29, 0.717) is 23.4 Å². The second-order valence-electron chi connectivity index (χ2n) is 4.51. The maximum absolute atomic E-state index is 14.1. The fourth-order valence-electron chi connectivity index (χ4n) is 2.11. The highest BCUT2D eigenvalue weighted by Crippen LogP contribution is 2.25. The van der Waals surface area contributed by atoms with Crippen LogP contribution in [0.1, 0.15) is 17.2 Å². The molecule has 0 aliphatic heterocycles. The molecule has 3 N–H and O–H groups in total. The van der Waals surface area contributed by atoms with Crippen LogP contribution in [0.4, 0.5) is 10.1 Å². The monoisotopic (exact) mass is 275 g/mol. The molecule has 0 radical (unpaired) electrons. The number of aromatic nitrogens is 1. The molecule has 2 aromatic rings. The summed E-state index contributed by atoms with van der Waals surface area (Å²) in [6.45, 7) is 0. The van der Waals surface area contributed by atoms with E-state index in [1.807, 2.05) is 0 Å². The predicted molar refractivity (Wildman–Crippen MR) is 77.1 cm³/mol. The lowest BCUT2D eigenvalue weighted by Gasteiger charge is -2.18. The Bertz CT molecular complexity index is 589. The van der Waals surface area contributed by atoms with Gasteiger partial charge >= 0.3 is 0 Å². The highest BCUT2D eigenvalue weighted by Gasteiger charge is 2.16. The van der Waals surface area contributed by atoms with Crippen molar-refractivity contribution < 1.29 is 9.13 Å². The van der Waals surface area contributed by atoms with E-state index >= 15 is 0 Å². The molecule has 1 aromatic heterocycles. The number of nitrogens with one attached hydrogen (secondary N) is 1. The molecule has 1 unspecified atom stereocenters. The van der Waals surface area contributed by atoms with Crippen molar-refractivity contribution in [1.29, 1.82) is 0 Å². The third-order valence-electron chi connectivity index (χ3n) is 3.30. The van der Waals surface area contributed by atoms with Gasteiger partial charge in [-0.1, -0.05) is 6.07 Å². The number of hydrogen-bond acceptors (Lipinski definition) is 4. The molecule has 106 valence electrons. The predicted octanol–water partition coefficient (Wildman–Crippen LogP) is 2.31. The quantitative estimate of drug-likeness (QED) is 0.879. The summed E-state index contributed by atoms with van der Waals surface area (Å²) < 4.78 is 19.1. The Morgan fingerprint density at radius 1 is 1.40 bits per heavy atom. The summed E-state index contributed by atoms with van der Waals surface area (Å²) in [7, 11) is 3.31. The van der Waals surface area contributed by atoms with Crippen molar-refractivity contribution in [3.05, 3.63) is 53.6 Å². The topological polar surface area (TPSA) is 60.2 Å². The summed E-state index contributed by atoms with van der Waals surface area (Å²) >= 11 is 0. The number of nitrogen functional groups attached to an aromatic ring is 1. The van der Waals surface area contributed by atoms with E-state index in [1.54, 1.807) is 37.6 Å². The van der Waals surface area contributed by atoms with E-state index in [0.717, 1.165) is 5.56 Å². The van der Waals surface area contributed by atoms with Gasteiger partial charge < -0.3 is 15.8 Å². The maximum atomic E-state index is 14.1. The number of nitrogens with zero attached hydrogens (tertiary/aromatic N) is 1. The average Bonchev–Trinajstić information content (AvgIpc) is 2.47. The van der Waals surface area contributed by atoms with Crippen LogP contribution in [0.2, 0.25) is 0 Å². The molecule has 0 amide bonds. The molecular weight excluding hydrogens is 257 g/mol. The second-order valence-corrected chi connectivity index (χ2v) is 4.51. The Balaban J connectivity index is 2.27. The van der Waals surface area contributed by atoms with E-state index < -0.39 is 0 Å². The first kappa shape index (κ1) is 14.3. The van der Waals surface area contributed by atoms with Crippen LogP contribution in [-0.2, 0) is 6.42 Å². The number of hydrogen-bond donors (Lipinski definition) is 2. The highest BCUT2D eigenvalue weighted by molar-refractivity contribution is 5.45. The number of pyridine rings is 1. The molecule has 0 aliphatic carbocycles. The van der Waals surface area contributed by atoms with Crippen molar-refractivity contribution >= 4 is 5.69 Å². The molecule has 20 heavy (non-hydrogen) atoms. The summed E-state index contributed by atoms with van der Waals surface area (Å²) in [6.07, 6.45) is 3.92. The molecule has 0 saturated carbocycles. The molecule has 1 atom stereocenters. The molecule has 2 rings (SSSR count). The Morgan fingerprint density at radius 2 is 2.20 bits per heavy atom. The van der Waals surface area contributed by atoms with E-state index in [2.05, 4.69) is 10.3 Å². The van der Waals surface area contributed by atoms with Crippen LogP contribution in [0.25, 0.3) is 0 Å². The lowest BCUT2D eigenvalue weighted by atomic mass is 9.98. The number of rotatable bonds is 5. The average molecular weight is 275 g/mol. The molecule has 0 fully saturated rings. The number of anilines is 1. The van der Waals surface area contributed by atoms with Crippen molar-refractivity contribution in [2.75, 3.05) is 19.9 Å². The number of ether oxygens (including phenoxy) is 1. The first-order valence-electron chi connectivity index (χ1n) is 6.34. The van der Waals surface area contributed by atoms with Gasteiger partial charge in [-0.25, -0.2) is 4.39 Å². The van der Waals surface area contributed by atoms with Crippen LogP contribution in [-0.4, -0.2) is 19.1 Å². The third-order valence-corrected chi connectivity index (χ3v) is 3.30. The standard InChI is InChI=1S/C15H18FN3O/c1-18-15(7-10-9-19-6-5-14(10)17)12-4-3-11(20-2)8-13(12)16/h3-6,8-9,15,18H,7H2,1-2H3,(H2,17,19). The van der Waals surface area contributed by atoms with Crippen molar-refractivity contribution in [2.24, 2.45) is 0 Å². The molecule has 0 spiro atoms. The molecule has 4 nitrogen and oxygen atoms in total. The number of nitrogens with two attached hydrogens (primary N) is 1. The first-order chi connectivity index (χ1) is 9.65. The van der Waals surface area contributed by atoms with Crippen molar-refractivity contribution in [3.8, 4) is 5.75 Å². The Morgan fingerprint density at radius 3 is 2.80 bits per heavy atom. The zero-order chi connectivity index (χ0) is 14.5. The van der Waals surface area contributed by atoms with Gasteiger partial charge in [-0.3, -0.25) is 4.98 Å². The molecule has 0 saturated heterocycles. The molecule has 1 heterocycles. The lowest BCUT2D eigenvalue weighted by molar-refractivity contribution is 0.409. The second kappa shape index (κ2) is 6.34.